The first kappa shape index (κ1) is 20.9. The molecule has 1 amide bonds. The number of sulfonamides is 1. The summed E-state index contributed by atoms with van der Waals surface area (Å²) in [6.45, 7) is 2.43. The number of carbonyl (C=O) groups excluding carboxylic acids is 1. The Kier molecular flexibility index (Phi) is 5.63. The van der Waals surface area contributed by atoms with Gasteiger partial charge in [0.25, 0.3) is 0 Å². The third-order valence-electron chi connectivity index (χ3n) is 5.93. The standard InChI is InChI=1S/C22H24F2N2O3S/c1-2-30(28,29)25-14-10-11-26(13-14)22(27)18-12-17(18)15-6-3-4-7-16(15)21-19(23)8-5-9-20(21)24/h3-9,14,17-18,25H,2,10-13H2,1H3. The average Bonchev–Trinajstić information content (AvgIpc) is 3.38. The number of halogens is 2. The van der Waals surface area contributed by atoms with Crippen LogP contribution in [0.1, 0.15) is 31.2 Å². The molecular weight excluding hydrogens is 410 g/mol. The second kappa shape index (κ2) is 8.07. The molecule has 3 unspecified atom stereocenters. The second-order valence-corrected chi connectivity index (χ2v) is 9.97. The molecule has 1 saturated heterocycles. The highest BCUT2D eigenvalue weighted by atomic mass is 32.2. The van der Waals surface area contributed by atoms with Crippen molar-refractivity contribution in [3.63, 3.8) is 0 Å². The number of likely N-dealkylation sites (tertiary alicyclic amines) is 1. The van der Waals surface area contributed by atoms with Crippen molar-refractivity contribution < 1.29 is 22.0 Å². The lowest BCUT2D eigenvalue weighted by Crippen LogP contribution is -2.39. The molecule has 160 valence electrons. The van der Waals surface area contributed by atoms with Gasteiger partial charge in [-0.1, -0.05) is 30.3 Å². The lowest BCUT2D eigenvalue weighted by Gasteiger charge is -2.18. The van der Waals surface area contributed by atoms with Crippen LogP contribution in [0.4, 0.5) is 8.78 Å². The summed E-state index contributed by atoms with van der Waals surface area (Å²) in [6.07, 6.45) is 1.20. The van der Waals surface area contributed by atoms with Crippen molar-refractivity contribution in [3.05, 3.63) is 59.7 Å². The minimum Gasteiger partial charge on any atom is -0.341 e. The van der Waals surface area contributed by atoms with Gasteiger partial charge >= 0.3 is 0 Å². The molecule has 2 aromatic rings. The largest absolute Gasteiger partial charge is 0.341 e. The van der Waals surface area contributed by atoms with Gasteiger partial charge in [0.2, 0.25) is 15.9 Å². The van der Waals surface area contributed by atoms with Crippen molar-refractivity contribution in [2.75, 3.05) is 18.8 Å². The van der Waals surface area contributed by atoms with Gasteiger partial charge in [-0.3, -0.25) is 4.79 Å². The van der Waals surface area contributed by atoms with Crippen molar-refractivity contribution >= 4 is 15.9 Å². The van der Waals surface area contributed by atoms with E-state index >= 15 is 0 Å². The predicted molar refractivity (Wildman–Crippen MR) is 110 cm³/mol. The van der Waals surface area contributed by atoms with E-state index in [2.05, 4.69) is 4.72 Å². The Morgan fingerprint density at radius 1 is 1.13 bits per heavy atom. The summed E-state index contributed by atoms with van der Waals surface area (Å²) in [7, 11) is -3.31. The summed E-state index contributed by atoms with van der Waals surface area (Å²) in [5, 5.41) is 0. The van der Waals surface area contributed by atoms with Crippen LogP contribution in [0.3, 0.4) is 0 Å². The minimum absolute atomic E-state index is 0.00549. The monoisotopic (exact) mass is 434 g/mol. The molecule has 0 spiro atoms. The molecule has 5 nitrogen and oxygen atoms in total. The number of amides is 1. The van der Waals surface area contributed by atoms with Crippen molar-refractivity contribution in [1.82, 2.24) is 9.62 Å². The first-order chi connectivity index (χ1) is 14.3. The van der Waals surface area contributed by atoms with E-state index in [4.69, 9.17) is 0 Å². The van der Waals surface area contributed by atoms with Crippen LogP contribution in [0.15, 0.2) is 42.5 Å². The number of hydrogen-bond acceptors (Lipinski definition) is 3. The summed E-state index contributed by atoms with van der Waals surface area (Å²) in [6, 6.07) is 10.6. The number of rotatable bonds is 6. The maximum Gasteiger partial charge on any atom is 0.226 e. The van der Waals surface area contributed by atoms with Gasteiger partial charge in [0, 0.05) is 25.0 Å². The van der Waals surface area contributed by atoms with Crippen LogP contribution >= 0.6 is 0 Å². The van der Waals surface area contributed by atoms with Gasteiger partial charge in [0.15, 0.2) is 0 Å². The Morgan fingerprint density at radius 2 is 1.83 bits per heavy atom. The Bertz CT molecular complexity index is 1050. The fourth-order valence-electron chi connectivity index (χ4n) is 4.24. The molecular formula is C22H24F2N2O3S. The average molecular weight is 435 g/mol. The van der Waals surface area contributed by atoms with Crippen molar-refractivity contribution in [1.29, 1.82) is 0 Å². The topological polar surface area (TPSA) is 66.5 Å². The van der Waals surface area contributed by atoms with Crippen LogP contribution in [0.5, 0.6) is 0 Å². The summed E-state index contributed by atoms with van der Waals surface area (Å²) in [4.78, 5) is 14.6. The van der Waals surface area contributed by atoms with Gasteiger partial charge in [-0.15, -0.1) is 0 Å². The predicted octanol–water partition coefficient (Wildman–Crippen LogP) is 3.28. The third-order valence-corrected chi connectivity index (χ3v) is 7.38. The van der Waals surface area contributed by atoms with Crippen molar-refractivity contribution in [3.8, 4) is 11.1 Å². The highest BCUT2D eigenvalue weighted by molar-refractivity contribution is 7.89. The minimum atomic E-state index is -3.31. The first-order valence-electron chi connectivity index (χ1n) is 10.1. The number of nitrogens with one attached hydrogen (secondary N) is 1. The van der Waals surface area contributed by atoms with Gasteiger partial charge in [-0.05, 0) is 48.9 Å². The molecule has 2 aromatic carbocycles. The number of nitrogens with zero attached hydrogens (tertiary/aromatic N) is 1. The van der Waals surface area contributed by atoms with E-state index in [9.17, 15) is 22.0 Å². The molecule has 1 saturated carbocycles. The Morgan fingerprint density at radius 3 is 2.53 bits per heavy atom. The molecule has 1 aliphatic heterocycles. The highest BCUT2D eigenvalue weighted by Gasteiger charge is 2.48. The van der Waals surface area contributed by atoms with Crippen LogP contribution in [-0.2, 0) is 14.8 Å². The molecule has 4 rings (SSSR count). The van der Waals surface area contributed by atoms with E-state index in [0.717, 1.165) is 5.56 Å². The van der Waals surface area contributed by atoms with Gasteiger partial charge in [0.05, 0.1) is 11.3 Å². The SMILES string of the molecule is CCS(=O)(=O)NC1CCN(C(=O)C2CC2c2ccccc2-c2c(F)cccc2F)C1. The van der Waals surface area contributed by atoms with E-state index < -0.39 is 21.7 Å². The Balaban J connectivity index is 1.49. The molecule has 0 aromatic heterocycles. The lowest BCUT2D eigenvalue weighted by molar-refractivity contribution is -0.131. The summed E-state index contributed by atoms with van der Waals surface area (Å²) < 4.78 is 54.8. The van der Waals surface area contributed by atoms with Crippen LogP contribution in [-0.4, -0.2) is 44.1 Å². The first-order valence-corrected chi connectivity index (χ1v) is 11.8. The molecule has 2 aliphatic rings. The highest BCUT2D eigenvalue weighted by Crippen LogP contribution is 2.51. The number of benzene rings is 2. The molecule has 2 fully saturated rings. The van der Waals surface area contributed by atoms with E-state index in [1.165, 1.54) is 18.2 Å². The second-order valence-electron chi connectivity index (χ2n) is 7.92. The summed E-state index contributed by atoms with van der Waals surface area (Å²) in [5.74, 6) is -1.62. The number of carbonyl (C=O) groups is 1. The van der Waals surface area contributed by atoms with Gasteiger partial charge in [-0.25, -0.2) is 21.9 Å². The molecule has 0 bridgehead atoms. The zero-order valence-electron chi connectivity index (χ0n) is 16.6. The van der Waals surface area contributed by atoms with Crippen molar-refractivity contribution in [2.24, 2.45) is 5.92 Å². The molecule has 1 N–H and O–H groups in total. The fourth-order valence-corrected chi connectivity index (χ4v) is 5.11. The van der Waals surface area contributed by atoms with E-state index in [-0.39, 0.29) is 35.1 Å². The van der Waals surface area contributed by atoms with Gasteiger partial charge in [0.1, 0.15) is 11.6 Å². The van der Waals surface area contributed by atoms with Crippen LogP contribution in [0, 0.1) is 17.6 Å². The fraction of sp³-hybridized carbons (Fsp3) is 0.409. The molecule has 30 heavy (non-hydrogen) atoms. The molecule has 3 atom stereocenters. The zero-order valence-corrected chi connectivity index (χ0v) is 17.5. The van der Waals surface area contributed by atoms with E-state index in [0.29, 0.717) is 31.5 Å². The molecule has 1 aliphatic carbocycles. The molecule has 8 heteroatoms. The normalized spacial score (nSPS) is 23.6. The Labute approximate surface area is 175 Å². The quantitative estimate of drug-likeness (QED) is 0.759. The van der Waals surface area contributed by atoms with Crippen LogP contribution < -0.4 is 4.72 Å². The van der Waals surface area contributed by atoms with Gasteiger partial charge < -0.3 is 4.90 Å². The van der Waals surface area contributed by atoms with Crippen LogP contribution in [0.25, 0.3) is 11.1 Å². The summed E-state index contributed by atoms with van der Waals surface area (Å²) >= 11 is 0. The number of hydrogen-bond donors (Lipinski definition) is 1. The third kappa shape index (κ3) is 4.11. The summed E-state index contributed by atoms with van der Waals surface area (Å²) in [5.41, 5.74) is 1.17. The van der Waals surface area contributed by atoms with E-state index in [1.807, 2.05) is 12.1 Å². The lowest BCUT2D eigenvalue weighted by atomic mass is 9.95. The molecule has 0 radical (unpaired) electrons. The van der Waals surface area contributed by atoms with Crippen LogP contribution in [0.2, 0.25) is 0 Å². The maximum absolute atomic E-state index is 14.3. The Hall–Kier alpha value is -2.32. The van der Waals surface area contributed by atoms with Gasteiger partial charge in [-0.2, -0.15) is 0 Å². The molecule has 1 heterocycles. The maximum atomic E-state index is 14.3. The zero-order chi connectivity index (χ0) is 21.5. The van der Waals surface area contributed by atoms with Crippen molar-refractivity contribution in [2.45, 2.75) is 31.7 Å². The smallest absolute Gasteiger partial charge is 0.226 e. The van der Waals surface area contributed by atoms with E-state index in [1.54, 1.807) is 24.0 Å².